The lowest BCUT2D eigenvalue weighted by Gasteiger charge is -2.17. The van der Waals surface area contributed by atoms with Crippen molar-refractivity contribution in [3.05, 3.63) is 23.8 Å². The molecule has 0 saturated carbocycles. The standard InChI is InChI=1S/C11H15F3N2/c1-7-3-4-9(5-10(7)15)16-8(2)6-11(12,13)14/h3-5,8,16H,6,15H2,1-2H3. The molecule has 1 aromatic carbocycles. The van der Waals surface area contributed by atoms with Crippen LogP contribution in [0.3, 0.4) is 0 Å². The van der Waals surface area contributed by atoms with Gasteiger partial charge in [0.15, 0.2) is 0 Å². The summed E-state index contributed by atoms with van der Waals surface area (Å²) in [5.41, 5.74) is 7.76. The molecule has 2 nitrogen and oxygen atoms in total. The van der Waals surface area contributed by atoms with E-state index in [9.17, 15) is 13.2 Å². The van der Waals surface area contributed by atoms with E-state index in [0.717, 1.165) is 5.56 Å². The fourth-order valence-corrected chi connectivity index (χ4v) is 1.41. The molecule has 0 aliphatic heterocycles. The zero-order valence-electron chi connectivity index (χ0n) is 9.23. The van der Waals surface area contributed by atoms with Crippen molar-refractivity contribution in [3.63, 3.8) is 0 Å². The zero-order valence-corrected chi connectivity index (χ0v) is 9.23. The second kappa shape index (κ2) is 4.63. The molecule has 0 amide bonds. The molecule has 16 heavy (non-hydrogen) atoms. The summed E-state index contributed by atoms with van der Waals surface area (Å²) in [5, 5.41) is 2.77. The molecule has 0 aromatic heterocycles. The van der Waals surface area contributed by atoms with E-state index in [1.165, 1.54) is 6.92 Å². The first-order valence-corrected chi connectivity index (χ1v) is 4.97. The smallest absolute Gasteiger partial charge is 0.391 e. The van der Waals surface area contributed by atoms with Gasteiger partial charge < -0.3 is 11.1 Å². The van der Waals surface area contributed by atoms with Crippen LogP contribution >= 0.6 is 0 Å². The first-order chi connectivity index (χ1) is 7.28. The van der Waals surface area contributed by atoms with Crippen molar-refractivity contribution >= 4 is 11.4 Å². The van der Waals surface area contributed by atoms with E-state index in [-0.39, 0.29) is 0 Å². The number of hydrogen-bond donors (Lipinski definition) is 2. The van der Waals surface area contributed by atoms with Gasteiger partial charge in [-0.2, -0.15) is 13.2 Å². The molecule has 0 spiro atoms. The first kappa shape index (κ1) is 12.7. The molecule has 0 saturated heterocycles. The van der Waals surface area contributed by atoms with Crippen LogP contribution in [0.2, 0.25) is 0 Å². The van der Waals surface area contributed by atoms with Crippen LogP contribution < -0.4 is 11.1 Å². The molecule has 0 aliphatic rings. The maximum atomic E-state index is 12.1. The quantitative estimate of drug-likeness (QED) is 0.784. The van der Waals surface area contributed by atoms with Crippen LogP contribution in [0.15, 0.2) is 18.2 Å². The van der Waals surface area contributed by atoms with E-state index >= 15 is 0 Å². The van der Waals surface area contributed by atoms with Crippen LogP contribution in [0.25, 0.3) is 0 Å². The number of aryl methyl sites for hydroxylation is 1. The van der Waals surface area contributed by atoms with E-state index in [1.54, 1.807) is 18.2 Å². The number of nitrogen functional groups attached to an aromatic ring is 1. The largest absolute Gasteiger partial charge is 0.398 e. The van der Waals surface area contributed by atoms with Crippen molar-refractivity contribution < 1.29 is 13.2 Å². The van der Waals surface area contributed by atoms with Gasteiger partial charge in [-0.25, -0.2) is 0 Å². The van der Waals surface area contributed by atoms with Gasteiger partial charge in [0.25, 0.3) is 0 Å². The summed E-state index contributed by atoms with van der Waals surface area (Å²) in [7, 11) is 0. The number of benzene rings is 1. The predicted molar refractivity (Wildman–Crippen MR) is 59.3 cm³/mol. The van der Waals surface area contributed by atoms with Crippen molar-refractivity contribution in [2.24, 2.45) is 0 Å². The van der Waals surface area contributed by atoms with Crippen molar-refractivity contribution in [2.45, 2.75) is 32.5 Å². The number of halogens is 3. The van der Waals surface area contributed by atoms with E-state index in [2.05, 4.69) is 5.32 Å². The summed E-state index contributed by atoms with van der Waals surface area (Å²) in [4.78, 5) is 0. The fourth-order valence-electron chi connectivity index (χ4n) is 1.41. The molecule has 1 rings (SSSR count). The van der Waals surface area contributed by atoms with Gasteiger partial charge in [0.1, 0.15) is 0 Å². The first-order valence-electron chi connectivity index (χ1n) is 4.97. The Morgan fingerprint density at radius 1 is 1.38 bits per heavy atom. The van der Waals surface area contributed by atoms with Crippen LogP contribution in [0.5, 0.6) is 0 Å². The monoisotopic (exact) mass is 232 g/mol. The molecular formula is C11H15F3N2. The Morgan fingerprint density at radius 2 is 2.00 bits per heavy atom. The third-order valence-electron chi connectivity index (χ3n) is 2.23. The Hall–Kier alpha value is -1.39. The number of nitrogens with one attached hydrogen (secondary N) is 1. The van der Waals surface area contributed by atoms with E-state index < -0.39 is 18.6 Å². The SMILES string of the molecule is Cc1ccc(NC(C)CC(F)(F)F)cc1N. The lowest BCUT2D eigenvalue weighted by Crippen LogP contribution is -2.23. The minimum Gasteiger partial charge on any atom is -0.398 e. The van der Waals surface area contributed by atoms with Crippen LogP contribution in [0.1, 0.15) is 18.9 Å². The third kappa shape index (κ3) is 4.00. The molecule has 1 atom stereocenters. The van der Waals surface area contributed by atoms with E-state index in [4.69, 9.17) is 5.73 Å². The number of hydrogen-bond acceptors (Lipinski definition) is 2. The van der Waals surface area contributed by atoms with Crippen LogP contribution in [0.4, 0.5) is 24.5 Å². The zero-order chi connectivity index (χ0) is 12.3. The average molecular weight is 232 g/mol. The summed E-state index contributed by atoms with van der Waals surface area (Å²) in [5.74, 6) is 0. The highest BCUT2D eigenvalue weighted by molar-refractivity contribution is 5.58. The van der Waals surface area contributed by atoms with Gasteiger partial charge >= 0.3 is 6.18 Å². The molecule has 3 N–H and O–H groups in total. The van der Waals surface area contributed by atoms with Crippen molar-refractivity contribution in [1.29, 1.82) is 0 Å². The summed E-state index contributed by atoms with van der Waals surface area (Å²) in [6.45, 7) is 3.34. The van der Waals surface area contributed by atoms with Gasteiger partial charge in [0.05, 0.1) is 6.42 Å². The minimum atomic E-state index is -4.15. The predicted octanol–water partition coefficient (Wildman–Crippen LogP) is 3.33. The number of alkyl halides is 3. The summed E-state index contributed by atoms with van der Waals surface area (Å²) in [6, 6.07) is 4.47. The number of rotatable bonds is 3. The van der Waals surface area contributed by atoms with Crippen molar-refractivity contribution in [1.82, 2.24) is 0 Å². The molecule has 0 heterocycles. The molecular weight excluding hydrogens is 217 g/mol. The van der Waals surface area contributed by atoms with Crippen molar-refractivity contribution in [2.75, 3.05) is 11.1 Å². The maximum absolute atomic E-state index is 12.1. The van der Waals surface area contributed by atoms with E-state index in [1.807, 2.05) is 6.92 Å². The van der Waals surface area contributed by atoms with E-state index in [0.29, 0.717) is 11.4 Å². The third-order valence-corrected chi connectivity index (χ3v) is 2.23. The second-order valence-electron chi connectivity index (χ2n) is 3.94. The maximum Gasteiger partial charge on any atom is 0.391 e. The molecule has 0 aliphatic carbocycles. The average Bonchev–Trinajstić information content (AvgIpc) is 2.08. The normalized spacial score (nSPS) is 13.6. The highest BCUT2D eigenvalue weighted by Crippen LogP contribution is 2.24. The van der Waals surface area contributed by atoms with Gasteiger partial charge in [-0.05, 0) is 31.5 Å². The van der Waals surface area contributed by atoms with Gasteiger partial charge in [-0.15, -0.1) is 0 Å². The molecule has 0 radical (unpaired) electrons. The Balaban J connectivity index is 2.63. The van der Waals surface area contributed by atoms with Crippen molar-refractivity contribution in [3.8, 4) is 0 Å². The summed E-state index contributed by atoms with van der Waals surface area (Å²) < 4.78 is 36.3. The fraction of sp³-hybridized carbons (Fsp3) is 0.455. The van der Waals surface area contributed by atoms with Gasteiger partial charge in [0.2, 0.25) is 0 Å². The van der Waals surface area contributed by atoms with Crippen LogP contribution in [-0.4, -0.2) is 12.2 Å². The molecule has 0 bridgehead atoms. The van der Waals surface area contributed by atoms with Gasteiger partial charge in [-0.1, -0.05) is 6.07 Å². The highest BCUT2D eigenvalue weighted by atomic mass is 19.4. The topological polar surface area (TPSA) is 38.0 Å². The second-order valence-corrected chi connectivity index (χ2v) is 3.94. The molecule has 5 heteroatoms. The molecule has 1 unspecified atom stereocenters. The summed E-state index contributed by atoms with van der Waals surface area (Å²) >= 11 is 0. The van der Waals surface area contributed by atoms with Gasteiger partial charge in [-0.3, -0.25) is 0 Å². The Bertz CT molecular complexity index is 361. The van der Waals surface area contributed by atoms with Crippen LogP contribution in [0, 0.1) is 6.92 Å². The lowest BCUT2D eigenvalue weighted by atomic mass is 10.1. The molecule has 0 fully saturated rings. The summed E-state index contributed by atoms with van der Waals surface area (Å²) in [6.07, 6.45) is -5.01. The Labute approximate surface area is 92.6 Å². The Morgan fingerprint density at radius 3 is 2.50 bits per heavy atom. The number of nitrogens with two attached hydrogens (primary N) is 1. The molecule has 1 aromatic rings. The highest BCUT2D eigenvalue weighted by Gasteiger charge is 2.29. The van der Waals surface area contributed by atoms with Crippen LogP contribution in [-0.2, 0) is 0 Å². The molecule has 90 valence electrons. The van der Waals surface area contributed by atoms with Gasteiger partial charge in [0, 0.05) is 17.4 Å². The lowest BCUT2D eigenvalue weighted by molar-refractivity contribution is -0.136. The Kier molecular flexibility index (Phi) is 3.67. The number of anilines is 2. The minimum absolute atomic E-state index is 0.573.